The molecule has 1 heterocycles. The molecule has 0 saturated carbocycles. The summed E-state index contributed by atoms with van der Waals surface area (Å²) in [5.74, 6) is 0. The summed E-state index contributed by atoms with van der Waals surface area (Å²) in [7, 11) is 0. The Morgan fingerprint density at radius 2 is 1.75 bits per heavy atom. The molecule has 1 nitrogen and oxygen atoms in total. The third-order valence-electron chi connectivity index (χ3n) is 1.44. The van der Waals surface area contributed by atoms with Crippen molar-refractivity contribution < 1.29 is 25.6 Å². The van der Waals surface area contributed by atoms with Gasteiger partial charge in [-0.2, -0.15) is 0 Å². The molecule has 0 atom stereocenters. The van der Waals surface area contributed by atoms with E-state index in [-0.39, 0.29) is 21.2 Å². The zero-order chi connectivity index (χ0) is 8.23. The predicted octanol–water partition coefficient (Wildman–Crippen LogP) is -0.592. The van der Waals surface area contributed by atoms with Crippen LogP contribution in [0.5, 0.6) is 0 Å². The minimum atomic E-state index is -0.0275. The minimum absolute atomic E-state index is 0.0275. The Bertz CT molecular complexity index is 326. The van der Waals surface area contributed by atoms with Crippen molar-refractivity contribution in [2.45, 2.75) is 0 Å². The highest BCUT2D eigenvalue weighted by Crippen LogP contribution is 1.85. The molecule has 2 aromatic rings. The highest BCUT2D eigenvalue weighted by atomic mass is 127. The number of benzene rings is 1. The van der Waals surface area contributed by atoms with Crippen LogP contribution >= 0.6 is 0 Å². The van der Waals surface area contributed by atoms with Crippen molar-refractivity contribution in [2.24, 2.45) is 0 Å². The Hall–Kier alpha value is -0.770. The van der Waals surface area contributed by atoms with Gasteiger partial charge < -0.3 is 4.42 Å². The Morgan fingerprint density at radius 3 is 2.42 bits per heavy atom. The quantitative estimate of drug-likeness (QED) is 0.665. The summed E-state index contributed by atoms with van der Waals surface area (Å²) >= 11 is -0.0275. The molecule has 0 unspecified atom stereocenters. The van der Waals surface area contributed by atoms with E-state index in [1.807, 2.05) is 18.4 Å². The first-order valence-electron chi connectivity index (χ1n) is 3.67. The normalized spacial score (nSPS) is 10.0. The van der Waals surface area contributed by atoms with Crippen LogP contribution in [0.15, 0.2) is 53.3 Å². The van der Waals surface area contributed by atoms with E-state index in [2.05, 4.69) is 24.3 Å². The van der Waals surface area contributed by atoms with Gasteiger partial charge in [0.2, 0.25) is 3.57 Å². The van der Waals surface area contributed by atoms with Crippen molar-refractivity contribution in [2.75, 3.05) is 0 Å². The van der Waals surface area contributed by atoms with Crippen molar-refractivity contribution in [3.8, 4) is 0 Å². The molecule has 0 fully saturated rings. The Labute approximate surface area is 81.7 Å². The van der Waals surface area contributed by atoms with Crippen LogP contribution in [0.2, 0.25) is 0 Å². The van der Waals surface area contributed by atoms with Crippen LogP contribution in [0.4, 0.5) is 0 Å². The van der Waals surface area contributed by atoms with Crippen LogP contribution in [0.25, 0.3) is 0 Å². The third kappa shape index (κ3) is 1.88. The van der Waals surface area contributed by atoms with Crippen LogP contribution in [0.1, 0.15) is 0 Å². The van der Waals surface area contributed by atoms with Crippen molar-refractivity contribution in [1.29, 1.82) is 0 Å². The molecule has 0 aliphatic rings. The summed E-state index contributed by atoms with van der Waals surface area (Å²) < 4.78 is 7.78. The van der Waals surface area contributed by atoms with E-state index in [4.69, 9.17) is 4.42 Å². The zero-order valence-electron chi connectivity index (χ0n) is 6.41. The molecule has 2 rings (SSSR count). The lowest BCUT2D eigenvalue weighted by Crippen LogP contribution is -3.61. The molecular weight excluding hydrogens is 263 g/mol. The molecule has 0 saturated heterocycles. The molecule has 0 amide bonds. The van der Waals surface area contributed by atoms with Gasteiger partial charge in [-0.25, -0.2) is 0 Å². The fraction of sp³-hybridized carbons (Fsp3) is 0. The van der Waals surface area contributed by atoms with E-state index in [0.29, 0.717) is 0 Å². The topological polar surface area (TPSA) is 13.1 Å². The molecule has 60 valence electrons. The number of halogens is 1. The van der Waals surface area contributed by atoms with Gasteiger partial charge in [0.05, 0.1) is 6.26 Å². The van der Waals surface area contributed by atoms with Gasteiger partial charge >= 0.3 is 21.2 Å². The molecule has 0 radical (unpaired) electrons. The highest BCUT2D eigenvalue weighted by molar-refractivity contribution is 4.99. The maximum atomic E-state index is 5.01. The Balaban J connectivity index is 2.15. The molecular formula is C10H8IO+. The van der Waals surface area contributed by atoms with Gasteiger partial charge in [0.1, 0.15) is 6.26 Å². The van der Waals surface area contributed by atoms with Gasteiger partial charge in [-0.1, -0.05) is 18.2 Å². The van der Waals surface area contributed by atoms with E-state index in [0.717, 1.165) is 0 Å². The van der Waals surface area contributed by atoms with Gasteiger partial charge in [-0.15, -0.1) is 0 Å². The average Bonchev–Trinajstić information content (AvgIpc) is 2.59. The molecule has 1 aromatic heterocycles. The van der Waals surface area contributed by atoms with Crippen LogP contribution in [0.3, 0.4) is 0 Å². The first-order valence-corrected chi connectivity index (χ1v) is 5.83. The summed E-state index contributed by atoms with van der Waals surface area (Å²) in [4.78, 5) is 0. The van der Waals surface area contributed by atoms with E-state index in [9.17, 15) is 0 Å². The van der Waals surface area contributed by atoms with E-state index in [1.165, 1.54) is 7.14 Å². The van der Waals surface area contributed by atoms with Gasteiger partial charge in [0, 0.05) is 6.07 Å². The molecule has 1 aromatic carbocycles. The lowest BCUT2D eigenvalue weighted by Gasteiger charge is -1.79. The molecule has 0 N–H and O–H groups in total. The highest BCUT2D eigenvalue weighted by Gasteiger charge is 2.15. The molecule has 0 bridgehead atoms. The maximum absolute atomic E-state index is 5.01. The van der Waals surface area contributed by atoms with Crippen molar-refractivity contribution >= 4 is 0 Å². The van der Waals surface area contributed by atoms with Gasteiger partial charge in [0.15, 0.2) is 3.57 Å². The summed E-state index contributed by atoms with van der Waals surface area (Å²) in [6, 6.07) is 12.6. The van der Waals surface area contributed by atoms with Gasteiger partial charge in [0.25, 0.3) is 0 Å². The lowest BCUT2D eigenvalue weighted by molar-refractivity contribution is -0.597. The summed E-state index contributed by atoms with van der Waals surface area (Å²) in [6.45, 7) is 0. The SMILES string of the molecule is c1ccc([I+]c2ccoc2)cc1. The second kappa shape index (κ2) is 3.76. The summed E-state index contributed by atoms with van der Waals surface area (Å²) in [6.07, 6.45) is 3.57. The van der Waals surface area contributed by atoms with E-state index < -0.39 is 0 Å². The first kappa shape index (κ1) is 7.86. The van der Waals surface area contributed by atoms with Crippen molar-refractivity contribution in [3.63, 3.8) is 0 Å². The Kier molecular flexibility index (Phi) is 2.46. The summed E-state index contributed by atoms with van der Waals surface area (Å²) in [5.41, 5.74) is 0. The fourth-order valence-corrected chi connectivity index (χ4v) is 3.00. The monoisotopic (exact) mass is 271 g/mol. The van der Waals surface area contributed by atoms with Crippen molar-refractivity contribution in [1.82, 2.24) is 0 Å². The number of hydrogen-bond acceptors (Lipinski definition) is 1. The van der Waals surface area contributed by atoms with Crippen LogP contribution in [0, 0.1) is 7.14 Å². The van der Waals surface area contributed by atoms with E-state index in [1.54, 1.807) is 6.26 Å². The molecule has 0 spiro atoms. The maximum Gasteiger partial charge on any atom is 0.361 e. The largest absolute Gasteiger partial charge is 0.468 e. The molecule has 2 heteroatoms. The zero-order valence-corrected chi connectivity index (χ0v) is 8.56. The van der Waals surface area contributed by atoms with Crippen LogP contribution in [-0.4, -0.2) is 0 Å². The Morgan fingerprint density at radius 1 is 0.917 bits per heavy atom. The van der Waals surface area contributed by atoms with Crippen LogP contribution < -0.4 is 21.2 Å². The van der Waals surface area contributed by atoms with Crippen molar-refractivity contribution in [3.05, 3.63) is 56.1 Å². The predicted molar refractivity (Wildman–Crippen MR) is 42.5 cm³/mol. The molecule has 12 heavy (non-hydrogen) atoms. The fourth-order valence-electron chi connectivity index (χ4n) is 0.905. The number of furan rings is 1. The minimum Gasteiger partial charge on any atom is -0.468 e. The van der Waals surface area contributed by atoms with E-state index >= 15 is 0 Å². The number of rotatable bonds is 2. The second-order valence-electron chi connectivity index (χ2n) is 2.33. The first-order chi connectivity index (χ1) is 5.95. The smallest absolute Gasteiger partial charge is 0.361 e. The average molecular weight is 271 g/mol. The molecule has 0 aliphatic heterocycles. The van der Waals surface area contributed by atoms with Gasteiger partial charge in [-0.05, 0) is 12.1 Å². The van der Waals surface area contributed by atoms with Crippen LogP contribution in [-0.2, 0) is 0 Å². The number of hydrogen-bond donors (Lipinski definition) is 0. The lowest BCUT2D eigenvalue weighted by atomic mass is 10.4. The molecule has 0 aliphatic carbocycles. The summed E-state index contributed by atoms with van der Waals surface area (Å²) in [5, 5.41) is 0. The second-order valence-corrected chi connectivity index (χ2v) is 5.36. The third-order valence-corrected chi connectivity index (χ3v) is 4.02. The van der Waals surface area contributed by atoms with Gasteiger partial charge in [-0.3, -0.25) is 0 Å². The standard InChI is InChI=1S/C10H8IO/c1-2-4-9(5-3-1)11-10-6-7-12-8-10/h1-8H/q+1.